The Kier molecular flexibility index (Phi) is 3.66. The van der Waals surface area contributed by atoms with Gasteiger partial charge in [0.2, 0.25) is 0 Å². The zero-order valence-electron chi connectivity index (χ0n) is 11.3. The monoisotopic (exact) mass is 240 g/mol. The smallest absolute Gasteiger partial charge is 0.0416 e. The zero-order valence-corrected chi connectivity index (χ0v) is 11.3. The SMILES string of the molecule is CC(C)(C)c1cccc(NCc2cccnc2)c1. The maximum Gasteiger partial charge on any atom is 0.0416 e. The lowest BCUT2D eigenvalue weighted by molar-refractivity contribution is 0.590. The third-order valence-corrected chi connectivity index (χ3v) is 2.95. The van der Waals surface area contributed by atoms with Gasteiger partial charge in [0.05, 0.1) is 0 Å². The van der Waals surface area contributed by atoms with E-state index in [2.05, 4.69) is 61.4 Å². The van der Waals surface area contributed by atoms with E-state index in [1.54, 1.807) is 6.20 Å². The minimum absolute atomic E-state index is 0.187. The van der Waals surface area contributed by atoms with E-state index in [1.165, 1.54) is 11.1 Å². The summed E-state index contributed by atoms with van der Waals surface area (Å²) < 4.78 is 0. The van der Waals surface area contributed by atoms with Crippen LogP contribution in [0.1, 0.15) is 31.9 Å². The molecule has 0 saturated heterocycles. The first-order chi connectivity index (χ1) is 8.55. The highest BCUT2D eigenvalue weighted by Gasteiger charge is 2.13. The molecular formula is C16H20N2. The van der Waals surface area contributed by atoms with Gasteiger partial charge in [0.1, 0.15) is 0 Å². The summed E-state index contributed by atoms with van der Waals surface area (Å²) in [6, 6.07) is 12.6. The summed E-state index contributed by atoms with van der Waals surface area (Å²) in [4.78, 5) is 4.11. The van der Waals surface area contributed by atoms with Crippen LogP contribution in [0.3, 0.4) is 0 Å². The van der Waals surface area contributed by atoms with Gasteiger partial charge in [0.25, 0.3) is 0 Å². The lowest BCUT2D eigenvalue weighted by atomic mass is 9.87. The molecular weight excluding hydrogens is 220 g/mol. The van der Waals surface area contributed by atoms with Crippen molar-refractivity contribution in [2.75, 3.05) is 5.32 Å². The van der Waals surface area contributed by atoms with Gasteiger partial charge in [-0.05, 0) is 34.7 Å². The van der Waals surface area contributed by atoms with Gasteiger partial charge in [-0.15, -0.1) is 0 Å². The Morgan fingerprint density at radius 2 is 1.94 bits per heavy atom. The van der Waals surface area contributed by atoms with Gasteiger partial charge in [0, 0.05) is 24.6 Å². The quantitative estimate of drug-likeness (QED) is 0.877. The normalized spacial score (nSPS) is 11.3. The molecule has 2 rings (SSSR count). The number of hydrogen-bond donors (Lipinski definition) is 1. The van der Waals surface area contributed by atoms with Crippen LogP contribution in [-0.2, 0) is 12.0 Å². The molecule has 0 radical (unpaired) electrons. The predicted octanol–water partition coefficient (Wildman–Crippen LogP) is 3.99. The van der Waals surface area contributed by atoms with Crippen LogP contribution in [0.25, 0.3) is 0 Å². The highest BCUT2D eigenvalue weighted by atomic mass is 14.9. The molecule has 0 fully saturated rings. The van der Waals surface area contributed by atoms with Crippen LogP contribution in [0.5, 0.6) is 0 Å². The fraction of sp³-hybridized carbons (Fsp3) is 0.312. The number of pyridine rings is 1. The summed E-state index contributed by atoms with van der Waals surface area (Å²) in [6.45, 7) is 7.50. The van der Waals surface area contributed by atoms with Crippen molar-refractivity contribution in [3.8, 4) is 0 Å². The minimum Gasteiger partial charge on any atom is -0.381 e. The minimum atomic E-state index is 0.187. The molecule has 2 aromatic rings. The van der Waals surface area contributed by atoms with E-state index >= 15 is 0 Å². The van der Waals surface area contributed by atoms with Gasteiger partial charge >= 0.3 is 0 Å². The number of anilines is 1. The van der Waals surface area contributed by atoms with E-state index in [9.17, 15) is 0 Å². The van der Waals surface area contributed by atoms with E-state index < -0.39 is 0 Å². The predicted molar refractivity (Wildman–Crippen MR) is 76.7 cm³/mol. The summed E-state index contributed by atoms with van der Waals surface area (Å²) in [5.41, 5.74) is 3.88. The van der Waals surface area contributed by atoms with E-state index in [4.69, 9.17) is 0 Å². The first kappa shape index (κ1) is 12.6. The summed E-state index contributed by atoms with van der Waals surface area (Å²) >= 11 is 0. The summed E-state index contributed by atoms with van der Waals surface area (Å²) in [5, 5.41) is 3.43. The van der Waals surface area contributed by atoms with Gasteiger partial charge in [-0.1, -0.05) is 39.0 Å². The Bertz CT molecular complexity index is 498. The third-order valence-electron chi connectivity index (χ3n) is 2.95. The Hall–Kier alpha value is -1.83. The zero-order chi connectivity index (χ0) is 13.0. The van der Waals surface area contributed by atoms with Crippen LogP contribution < -0.4 is 5.32 Å². The van der Waals surface area contributed by atoms with E-state index in [-0.39, 0.29) is 5.41 Å². The summed E-state index contributed by atoms with van der Waals surface area (Å²) in [5.74, 6) is 0. The number of aromatic nitrogens is 1. The second-order valence-corrected chi connectivity index (χ2v) is 5.55. The molecule has 0 aliphatic rings. The maximum atomic E-state index is 4.11. The lowest BCUT2D eigenvalue weighted by Gasteiger charge is -2.20. The molecule has 0 amide bonds. The Balaban J connectivity index is 2.06. The molecule has 1 N–H and O–H groups in total. The molecule has 0 atom stereocenters. The summed E-state index contributed by atoms with van der Waals surface area (Å²) in [6.07, 6.45) is 3.68. The number of hydrogen-bond acceptors (Lipinski definition) is 2. The van der Waals surface area contributed by atoms with Crippen molar-refractivity contribution >= 4 is 5.69 Å². The van der Waals surface area contributed by atoms with Crippen LogP contribution >= 0.6 is 0 Å². The Labute approximate surface area is 109 Å². The fourth-order valence-corrected chi connectivity index (χ4v) is 1.80. The number of benzene rings is 1. The number of nitrogens with zero attached hydrogens (tertiary/aromatic N) is 1. The van der Waals surface area contributed by atoms with Crippen LogP contribution in [-0.4, -0.2) is 4.98 Å². The van der Waals surface area contributed by atoms with E-state index in [0.29, 0.717) is 0 Å². The molecule has 1 aromatic heterocycles. The molecule has 0 unspecified atom stereocenters. The van der Waals surface area contributed by atoms with Crippen LogP contribution in [0.15, 0.2) is 48.8 Å². The van der Waals surface area contributed by atoms with Gasteiger partial charge in [-0.2, -0.15) is 0 Å². The molecule has 1 aromatic carbocycles. The highest BCUT2D eigenvalue weighted by Crippen LogP contribution is 2.24. The van der Waals surface area contributed by atoms with Crippen molar-refractivity contribution in [1.82, 2.24) is 4.98 Å². The Morgan fingerprint density at radius 1 is 1.11 bits per heavy atom. The molecule has 2 nitrogen and oxygen atoms in total. The molecule has 94 valence electrons. The van der Waals surface area contributed by atoms with Gasteiger partial charge in [-0.3, -0.25) is 4.98 Å². The number of nitrogens with one attached hydrogen (secondary N) is 1. The van der Waals surface area contributed by atoms with Crippen LogP contribution in [0.4, 0.5) is 5.69 Å². The van der Waals surface area contributed by atoms with Crippen LogP contribution in [0.2, 0.25) is 0 Å². The van der Waals surface area contributed by atoms with Crippen molar-refractivity contribution in [1.29, 1.82) is 0 Å². The first-order valence-electron chi connectivity index (χ1n) is 6.29. The third kappa shape index (κ3) is 3.33. The molecule has 0 aliphatic carbocycles. The van der Waals surface area contributed by atoms with Gasteiger partial charge < -0.3 is 5.32 Å². The second-order valence-electron chi connectivity index (χ2n) is 5.55. The topological polar surface area (TPSA) is 24.9 Å². The van der Waals surface area contributed by atoms with Crippen LogP contribution in [0, 0.1) is 0 Å². The largest absolute Gasteiger partial charge is 0.381 e. The molecule has 2 heteroatoms. The maximum absolute atomic E-state index is 4.11. The average molecular weight is 240 g/mol. The molecule has 1 heterocycles. The molecule has 18 heavy (non-hydrogen) atoms. The average Bonchev–Trinajstić information content (AvgIpc) is 2.37. The van der Waals surface area contributed by atoms with E-state index in [0.717, 1.165) is 12.2 Å². The molecule has 0 bridgehead atoms. The number of rotatable bonds is 3. The van der Waals surface area contributed by atoms with E-state index in [1.807, 2.05) is 12.3 Å². The first-order valence-corrected chi connectivity index (χ1v) is 6.29. The van der Waals surface area contributed by atoms with Gasteiger partial charge in [-0.25, -0.2) is 0 Å². The molecule has 0 spiro atoms. The highest BCUT2D eigenvalue weighted by molar-refractivity contribution is 5.47. The Morgan fingerprint density at radius 3 is 2.61 bits per heavy atom. The van der Waals surface area contributed by atoms with Crippen molar-refractivity contribution in [2.45, 2.75) is 32.7 Å². The van der Waals surface area contributed by atoms with Crippen molar-refractivity contribution in [2.24, 2.45) is 0 Å². The standard InChI is InChI=1S/C16H20N2/c1-16(2,3)14-7-4-8-15(10-14)18-12-13-6-5-9-17-11-13/h4-11,18H,12H2,1-3H3. The van der Waals surface area contributed by atoms with Crippen molar-refractivity contribution < 1.29 is 0 Å². The lowest BCUT2D eigenvalue weighted by Crippen LogP contribution is -2.11. The molecule has 0 aliphatic heterocycles. The fourth-order valence-electron chi connectivity index (χ4n) is 1.80. The second kappa shape index (κ2) is 5.21. The van der Waals surface area contributed by atoms with Gasteiger partial charge in [0.15, 0.2) is 0 Å². The van der Waals surface area contributed by atoms with Crippen molar-refractivity contribution in [3.05, 3.63) is 59.9 Å². The van der Waals surface area contributed by atoms with Crippen molar-refractivity contribution in [3.63, 3.8) is 0 Å². The summed E-state index contributed by atoms with van der Waals surface area (Å²) in [7, 11) is 0. The molecule has 0 saturated carbocycles.